The number of benzene rings is 12. The van der Waals surface area contributed by atoms with Crippen molar-refractivity contribution in [2.75, 3.05) is 0 Å². The van der Waals surface area contributed by atoms with Gasteiger partial charge < -0.3 is 46.0 Å². The Balaban J connectivity index is 0.000000145. The van der Waals surface area contributed by atoms with Gasteiger partial charge in [-0.1, -0.05) is 273 Å². The maximum atomic E-state index is 10.9. The van der Waals surface area contributed by atoms with Gasteiger partial charge in [-0.05, 0) is 148 Å². The average Bonchev–Trinajstić information content (AvgIpc) is 0.846. The third kappa shape index (κ3) is 23.9. The predicted molar refractivity (Wildman–Crippen MR) is 449 cm³/mol. The Morgan fingerprint density at radius 2 is 0.321 bits per heavy atom. The molecule has 0 aliphatic carbocycles. The summed E-state index contributed by atoms with van der Waals surface area (Å²) in [5.41, 5.74) is 16.3. The normalized spacial score (nSPS) is 10.1. The second kappa shape index (κ2) is 40.7. The van der Waals surface area contributed by atoms with Crippen molar-refractivity contribution in [3.05, 3.63) is 380 Å². The minimum atomic E-state index is 0. The maximum Gasteiger partial charge on any atom is 3.00 e. The number of pyridine rings is 6. The molecule has 18 aromatic rings. The number of para-hydroxylation sites is 6. The number of hydrogen-bond acceptors (Lipinski definition) is 15. The molecule has 18 rings (SSSR count). The number of aromatic hydroxyl groups is 6. The van der Waals surface area contributed by atoms with Crippen LogP contribution in [0.15, 0.2) is 346 Å². The molecule has 0 unspecified atom stereocenters. The van der Waals surface area contributed by atoms with Gasteiger partial charge in [0.05, 0.1) is 0 Å². The van der Waals surface area contributed by atoms with Crippen molar-refractivity contribution in [3.63, 3.8) is 0 Å². The van der Waals surface area contributed by atoms with Crippen LogP contribution in [0.5, 0.6) is 51.7 Å². The molecule has 0 aliphatic heterocycles. The second-order valence-corrected chi connectivity index (χ2v) is 25.5. The monoisotopic (exact) mass is 1490 g/mol. The number of hydrogen-bond donors (Lipinski definition) is 6. The Labute approximate surface area is 661 Å². The third-order valence-electron chi connectivity index (χ3n) is 16.9. The van der Waals surface area contributed by atoms with Crippen molar-refractivity contribution in [1.29, 1.82) is 0 Å². The molecular weight excluding hydrogens is 1410 g/mol. The first-order valence-corrected chi connectivity index (χ1v) is 35.5. The first-order valence-electron chi connectivity index (χ1n) is 35.5. The van der Waals surface area contributed by atoms with E-state index < -0.39 is 0 Å². The van der Waals surface area contributed by atoms with Crippen LogP contribution in [0.4, 0.5) is 0 Å². The zero-order chi connectivity index (χ0) is 78.6. The van der Waals surface area contributed by atoms with Crippen molar-refractivity contribution in [3.8, 4) is 85.1 Å². The standard InChI is InChI=1S/3C12H10O.6C10H9NO.Al/c3*13-12-8-6-11(7-9-12)10-4-2-1-3-5-10;6*1-7-5-6-8-3-2-4-9(12)10(8)11-7;/h3*1-9,13H;6*2-6,12H,1H3;/q;;;;;;;;;+3/p-3. The van der Waals surface area contributed by atoms with Crippen molar-refractivity contribution in [2.24, 2.45) is 0 Å². The van der Waals surface area contributed by atoms with Crippen LogP contribution in [-0.2, 0) is 0 Å². The molecule has 0 amide bonds. The van der Waals surface area contributed by atoms with Crippen LogP contribution in [0.3, 0.4) is 0 Å². The van der Waals surface area contributed by atoms with Crippen LogP contribution in [0.25, 0.3) is 98.8 Å². The quantitative estimate of drug-likeness (QED) is 0.0898. The molecule has 16 heteroatoms. The van der Waals surface area contributed by atoms with Crippen LogP contribution >= 0.6 is 0 Å². The van der Waals surface area contributed by atoms with Gasteiger partial charge in [0.25, 0.3) is 0 Å². The van der Waals surface area contributed by atoms with E-state index in [1.807, 2.05) is 315 Å². The number of phenols is 6. The fraction of sp³-hybridized carbons (Fsp3) is 0.0625. The van der Waals surface area contributed by atoms with E-state index >= 15 is 0 Å². The molecule has 0 fully saturated rings. The van der Waals surface area contributed by atoms with Gasteiger partial charge in [0.2, 0.25) is 0 Å². The van der Waals surface area contributed by atoms with Gasteiger partial charge >= 0.3 is 17.4 Å². The number of rotatable bonds is 3. The molecule has 552 valence electrons. The molecule has 0 saturated heterocycles. The number of aryl methyl sites for hydroxylation is 6. The molecule has 0 spiro atoms. The fourth-order valence-corrected chi connectivity index (χ4v) is 11.2. The maximum absolute atomic E-state index is 10.9. The Hall–Kier alpha value is -14.2. The van der Waals surface area contributed by atoms with Gasteiger partial charge in [-0.2, -0.15) is 0 Å². The van der Waals surface area contributed by atoms with E-state index in [9.17, 15) is 46.0 Å². The number of aromatic nitrogens is 6. The molecular formula is C96H81AlN6O9. The molecule has 15 nitrogen and oxygen atoms in total. The van der Waals surface area contributed by atoms with Gasteiger partial charge in [-0.25, -0.2) is 29.9 Å². The van der Waals surface area contributed by atoms with E-state index in [0.29, 0.717) is 33.1 Å². The SMILES string of the molecule is Cc1ccc2cccc(O)c2n1.Cc1ccc2cccc(O)c2n1.Cc1ccc2cccc(O)c2n1.Cc1ccc2cccc(O)c2n1.Cc1ccc2cccc(O)c2n1.Cc1ccc2cccc(O)c2n1.[Al+3].[O-]c1ccc(-c2ccccc2)cc1.[O-]c1ccc(-c2ccccc2)cc1.[O-]c1ccc(-c2ccccc2)cc1. The van der Waals surface area contributed by atoms with Gasteiger partial charge in [0, 0.05) is 66.5 Å². The largest absolute Gasteiger partial charge is 3.00 e. The minimum absolute atomic E-state index is 0. The van der Waals surface area contributed by atoms with Crippen LogP contribution < -0.4 is 15.3 Å². The Morgan fingerprint density at radius 3 is 0.482 bits per heavy atom. The van der Waals surface area contributed by atoms with E-state index in [2.05, 4.69) is 29.9 Å². The van der Waals surface area contributed by atoms with Crippen molar-refractivity contribution < 1.29 is 46.0 Å². The summed E-state index contributed by atoms with van der Waals surface area (Å²) in [7, 11) is 0. The zero-order valence-electron chi connectivity index (χ0n) is 62.6. The van der Waals surface area contributed by atoms with E-state index in [0.717, 1.165) is 99.9 Å². The second-order valence-electron chi connectivity index (χ2n) is 25.5. The van der Waals surface area contributed by atoms with E-state index in [4.69, 9.17) is 0 Å². The van der Waals surface area contributed by atoms with E-state index in [1.54, 1.807) is 72.8 Å². The summed E-state index contributed by atoms with van der Waals surface area (Å²) in [5.74, 6) is 1.64. The number of fused-ring (bicyclic) bond motifs is 6. The molecule has 0 radical (unpaired) electrons. The van der Waals surface area contributed by atoms with Crippen LogP contribution in [0, 0.1) is 41.5 Å². The van der Waals surface area contributed by atoms with Crippen molar-refractivity contribution >= 4 is 82.8 Å². The van der Waals surface area contributed by atoms with Crippen LogP contribution in [0.1, 0.15) is 34.2 Å². The van der Waals surface area contributed by atoms with E-state index in [-0.39, 0.29) is 69.1 Å². The Morgan fingerprint density at radius 1 is 0.170 bits per heavy atom. The smallest absolute Gasteiger partial charge is 0.872 e. The molecule has 0 aliphatic rings. The molecule has 0 bridgehead atoms. The minimum Gasteiger partial charge on any atom is -0.872 e. The van der Waals surface area contributed by atoms with Crippen LogP contribution in [-0.4, -0.2) is 77.9 Å². The summed E-state index contributed by atoms with van der Waals surface area (Å²) >= 11 is 0. The number of phenolic OH excluding ortho intramolecular Hbond substituents is 6. The molecule has 12 aromatic carbocycles. The topological polar surface area (TPSA) is 268 Å². The summed E-state index contributed by atoms with van der Waals surface area (Å²) in [6.45, 7) is 11.5. The first-order chi connectivity index (χ1) is 53.7. The van der Waals surface area contributed by atoms with Crippen molar-refractivity contribution in [2.45, 2.75) is 41.5 Å². The molecule has 0 saturated carbocycles. The van der Waals surface area contributed by atoms with E-state index in [1.165, 1.54) is 0 Å². The average molecular weight is 1490 g/mol. The van der Waals surface area contributed by atoms with Crippen LogP contribution in [0.2, 0.25) is 0 Å². The summed E-state index contributed by atoms with van der Waals surface area (Å²) in [4.78, 5) is 25.4. The molecule has 6 N–H and O–H groups in total. The summed E-state index contributed by atoms with van der Waals surface area (Å²) in [6.07, 6.45) is 0. The summed E-state index contributed by atoms with van der Waals surface area (Å²) in [6, 6.07) is 106. The Kier molecular flexibility index (Phi) is 29.8. The predicted octanol–water partition coefficient (Wildman–Crippen LogP) is 20.4. The summed E-state index contributed by atoms with van der Waals surface area (Å²) in [5, 5.41) is 95.0. The number of nitrogens with zero attached hydrogens (tertiary/aromatic N) is 6. The van der Waals surface area contributed by atoms with Gasteiger partial charge in [-0.3, -0.25) is 0 Å². The third-order valence-corrected chi connectivity index (χ3v) is 16.9. The molecule has 6 heterocycles. The fourth-order valence-electron chi connectivity index (χ4n) is 11.2. The Bertz CT molecular complexity index is 5190. The van der Waals surface area contributed by atoms with Gasteiger partial charge in [-0.15, -0.1) is 17.2 Å². The molecule has 0 atom stereocenters. The zero-order valence-corrected chi connectivity index (χ0v) is 63.7. The first kappa shape index (κ1) is 81.9. The van der Waals surface area contributed by atoms with Gasteiger partial charge in [0.15, 0.2) is 0 Å². The van der Waals surface area contributed by atoms with Gasteiger partial charge in [0.1, 0.15) is 67.6 Å². The molecule has 6 aromatic heterocycles. The molecule has 112 heavy (non-hydrogen) atoms. The summed E-state index contributed by atoms with van der Waals surface area (Å²) < 4.78 is 0. The van der Waals surface area contributed by atoms with Crippen molar-refractivity contribution in [1.82, 2.24) is 29.9 Å².